The molecule has 1 amide bonds. The van der Waals surface area contributed by atoms with Gasteiger partial charge in [-0.15, -0.1) is 0 Å². The maximum Gasteiger partial charge on any atom is 0.343 e. The SMILES string of the molecule is CC[C@H](C)[C@H](NC(c1ccc(OC(=O)c2ccccc2)cc1)(c1ccc(OC(=O)c2ccccc2)cc1)c1ccc(OC(=O)c2ccccc2)cc1)C(N)=O. The minimum absolute atomic E-state index is 0.180. The smallest absolute Gasteiger partial charge is 0.343 e. The van der Waals surface area contributed by atoms with Gasteiger partial charge in [0.25, 0.3) is 0 Å². The average Bonchev–Trinajstić information content (AvgIpc) is 3.23. The topological polar surface area (TPSA) is 134 Å². The van der Waals surface area contributed by atoms with Gasteiger partial charge in [0.05, 0.1) is 28.3 Å². The lowest BCUT2D eigenvalue weighted by Crippen LogP contribution is -2.56. The molecule has 0 saturated carbocycles. The monoisotopic (exact) mass is 732 g/mol. The molecule has 0 aliphatic rings. The molecule has 0 heterocycles. The second kappa shape index (κ2) is 17.3. The zero-order chi connectivity index (χ0) is 38.8. The van der Waals surface area contributed by atoms with E-state index < -0.39 is 35.4 Å². The van der Waals surface area contributed by atoms with Gasteiger partial charge in [-0.25, -0.2) is 14.4 Å². The molecule has 0 aliphatic carbocycles. The average molecular weight is 733 g/mol. The molecule has 0 saturated heterocycles. The third-order valence-corrected chi connectivity index (χ3v) is 9.41. The van der Waals surface area contributed by atoms with Crippen LogP contribution in [-0.2, 0) is 10.3 Å². The maximum absolute atomic E-state index is 13.2. The fourth-order valence-corrected chi connectivity index (χ4v) is 6.25. The molecule has 2 atom stereocenters. The Labute approximate surface area is 319 Å². The third-order valence-electron chi connectivity index (χ3n) is 9.41. The standard InChI is InChI=1S/C46H40N2O7/c1-3-31(2)41(42(47)49)48-46(35-19-25-38(26-20-35)53-43(50)32-13-7-4-8-14-32,36-21-27-39(28-22-36)54-44(51)33-15-9-5-10-16-33)37-23-29-40(30-24-37)55-45(52)34-17-11-6-12-18-34/h4-31,41,48H,3H2,1-2H3,(H2,47,49)/t31-,41-/m0/s1. The minimum atomic E-state index is -1.27. The number of nitrogens with two attached hydrogens (primary N) is 1. The molecule has 0 aliphatic heterocycles. The van der Waals surface area contributed by atoms with Gasteiger partial charge < -0.3 is 19.9 Å². The van der Waals surface area contributed by atoms with Crippen molar-refractivity contribution in [2.75, 3.05) is 0 Å². The number of ether oxygens (including phenoxy) is 3. The summed E-state index contributed by atoms with van der Waals surface area (Å²) < 4.78 is 17.1. The van der Waals surface area contributed by atoms with Gasteiger partial charge in [0.15, 0.2) is 0 Å². The van der Waals surface area contributed by atoms with Crippen LogP contribution in [-0.4, -0.2) is 29.9 Å². The summed E-state index contributed by atoms with van der Waals surface area (Å²) >= 11 is 0. The molecule has 6 rings (SSSR count). The van der Waals surface area contributed by atoms with Gasteiger partial charge in [-0.05, 0) is 95.4 Å². The van der Waals surface area contributed by atoms with Crippen LogP contribution in [0.4, 0.5) is 0 Å². The molecule has 0 bridgehead atoms. The van der Waals surface area contributed by atoms with Crippen LogP contribution in [0.25, 0.3) is 0 Å². The number of hydrogen-bond acceptors (Lipinski definition) is 8. The van der Waals surface area contributed by atoms with Crippen LogP contribution in [0.2, 0.25) is 0 Å². The van der Waals surface area contributed by atoms with Crippen molar-refractivity contribution in [3.63, 3.8) is 0 Å². The highest BCUT2D eigenvalue weighted by Crippen LogP contribution is 2.40. The second-order valence-corrected chi connectivity index (χ2v) is 13.0. The number of nitrogens with one attached hydrogen (secondary N) is 1. The van der Waals surface area contributed by atoms with Crippen LogP contribution < -0.4 is 25.3 Å². The van der Waals surface area contributed by atoms with Crippen molar-refractivity contribution in [1.29, 1.82) is 0 Å². The first-order valence-corrected chi connectivity index (χ1v) is 17.9. The predicted octanol–water partition coefficient (Wildman–Crippen LogP) is 8.13. The Kier molecular flexibility index (Phi) is 11.9. The molecular formula is C46H40N2O7. The van der Waals surface area contributed by atoms with E-state index in [1.165, 1.54) is 0 Å². The summed E-state index contributed by atoms with van der Waals surface area (Å²) in [4.78, 5) is 51.9. The van der Waals surface area contributed by atoms with Crippen molar-refractivity contribution < 1.29 is 33.4 Å². The first-order valence-electron chi connectivity index (χ1n) is 17.9. The van der Waals surface area contributed by atoms with Gasteiger partial charge in [0.1, 0.15) is 17.2 Å². The molecule has 6 aromatic carbocycles. The van der Waals surface area contributed by atoms with Crippen LogP contribution in [0.15, 0.2) is 164 Å². The molecule has 276 valence electrons. The normalized spacial score (nSPS) is 12.2. The number of hydrogen-bond donors (Lipinski definition) is 2. The molecule has 6 aromatic rings. The fraction of sp³-hybridized carbons (Fsp3) is 0.130. The van der Waals surface area contributed by atoms with E-state index in [-0.39, 0.29) is 5.92 Å². The lowest BCUT2D eigenvalue weighted by Gasteiger charge is -2.41. The van der Waals surface area contributed by atoms with E-state index in [0.717, 1.165) is 0 Å². The highest BCUT2D eigenvalue weighted by Gasteiger charge is 2.41. The lowest BCUT2D eigenvalue weighted by atomic mass is 9.75. The molecule has 3 N–H and O–H groups in total. The van der Waals surface area contributed by atoms with Crippen LogP contribution in [0.3, 0.4) is 0 Å². The summed E-state index contributed by atoms with van der Waals surface area (Å²) in [5, 5.41) is 3.63. The molecule has 9 nitrogen and oxygen atoms in total. The zero-order valence-electron chi connectivity index (χ0n) is 30.4. The molecule has 9 heteroatoms. The van der Waals surface area contributed by atoms with Crippen LogP contribution in [0, 0.1) is 5.92 Å². The van der Waals surface area contributed by atoms with E-state index in [9.17, 15) is 19.2 Å². The molecule has 0 fully saturated rings. The number of primary amides is 1. The van der Waals surface area contributed by atoms with E-state index in [1.54, 1.807) is 109 Å². The summed E-state index contributed by atoms with van der Waals surface area (Å²) in [5.74, 6) is -1.32. The van der Waals surface area contributed by atoms with Gasteiger partial charge in [0, 0.05) is 0 Å². The van der Waals surface area contributed by atoms with Gasteiger partial charge in [-0.3, -0.25) is 10.1 Å². The Balaban J connectivity index is 1.44. The maximum atomic E-state index is 13.2. The highest BCUT2D eigenvalue weighted by molar-refractivity contribution is 5.92. The van der Waals surface area contributed by atoms with E-state index in [2.05, 4.69) is 5.32 Å². The predicted molar refractivity (Wildman–Crippen MR) is 209 cm³/mol. The van der Waals surface area contributed by atoms with E-state index in [4.69, 9.17) is 19.9 Å². The Morgan fingerprint density at radius 1 is 0.509 bits per heavy atom. The molecule has 0 unspecified atom stereocenters. The Bertz CT molecular complexity index is 1990. The third kappa shape index (κ3) is 8.87. The Morgan fingerprint density at radius 3 is 1.05 bits per heavy atom. The first kappa shape index (κ1) is 37.9. The summed E-state index contributed by atoms with van der Waals surface area (Å²) in [6.07, 6.45) is 0.647. The van der Waals surface area contributed by atoms with Crippen LogP contribution >= 0.6 is 0 Å². The number of carbonyl (C=O) groups excluding carboxylic acids is 4. The summed E-state index contributed by atoms with van der Waals surface area (Å²) in [5.41, 5.74) is 8.04. The Hall–Kier alpha value is -6.84. The zero-order valence-corrected chi connectivity index (χ0v) is 30.4. The van der Waals surface area contributed by atoms with E-state index >= 15 is 0 Å². The van der Waals surface area contributed by atoms with Crippen LogP contribution in [0.5, 0.6) is 17.2 Å². The summed E-state index contributed by atoms with van der Waals surface area (Å²) in [7, 11) is 0. The molecule has 55 heavy (non-hydrogen) atoms. The van der Waals surface area contributed by atoms with Gasteiger partial charge in [-0.2, -0.15) is 0 Å². The minimum Gasteiger partial charge on any atom is -0.423 e. The number of amides is 1. The highest BCUT2D eigenvalue weighted by atomic mass is 16.5. The number of rotatable bonds is 14. The van der Waals surface area contributed by atoms with Crippen molar-refractivity contribution >= 4 is 23.8 Å². The lowest BCUT2D eigenvalue weighted by molar-refractivity contribution is -0.121. The Morgan fingerprint density at radius 2 is 0.800 bits per heavy atom. The van der Waals surface area contributed by atoms with Crippen LogP contribution in [0.1, 0.15) is 68.0 Å². The van der Waals surface area contributed by atoms with Crippen molar-refractivity contribution in [3.8, 4) is 17.2 Å². The molecule has 0 aromatic heterocycles. The summed E-state index contributed by atoms with van der Waals surface area (Å²) in [6.45, 7) is 3.92. The molecular weight excluding hydrogens is 693 g/mol. The van der Waals surface area contributed by atoms with Crippen molar-refractivity contribution in [2.24, 2.45) is 11.7 Å². The quantitative estimate of drug-likeness (QED) is 0.0652. The van der Waals surface area contributed by atoms with Gasteiger partial charge >= 0.3 is 17.9 Å². The number of esters is 3. The largest absolute Gasteiger partial charge is 0.423 e. The second-order valence-electron chi connectivity index (χ2n) is 13.0. The fourth-order valence-electron chi connectivity index (χ4n) is 6.25. The van der Waals surface area contributed by atoms with Gasteiger partial charge in [-0.1, -0.05) is 111 Å². The van der Waals surface area contributed by atoms with Crippen molar-refractivity contribution in [1.82, 2.24) is 5.32 Å². The number of benzene rings is 6. The van der Waals surface area contributed by atoms with Crippen molar-refractivity contribution in [2.45, 2.75) is 31.8 Å². The molecule has 0 radical (unpaired) electrons. The van der Waals surface area contributed by atoms with Gasteiger partial charge in [0.2, 0.25) is 5.91 Å². The van der Waals surface area contributed by atoms with E-state index in [1.807, 2.05) is 68.4 Å². The first-order chi connectivity index (χ1) is 26.7. The molecule has 0 spiro atoms. The van der Waals surface area contributed by atoms with E-state index in [0.29, 0.717) is 57.1 Å². The van der Waals surface area contributed by atoms with Crippen molar-refractivity contribution in [3.05, 3.63) is 197 Å². The number of carbonyl (C=O) groups is 4. The summed E-state index contributed by atoms with van der Waals surface area (Å²) in [6, 6.07) is 46.2.